The maximum absolute atomic E-state index is 5.66. The van der Waals surface area contributed by atoms with Gasteiger partial charge in [-0.05, 0) is 46.2 Å². The average molecular weight is 250 g/mol. The number of rotatable bonds is 6. The van der Waals surface area contributed by atoms with Crippen molar-refractivity contribution in [3.63, 3.8) is 0 Å². The molecule has 1 aliphatic rings. The zero-order chi connectivity index (χ0) is 13.2. The Hall–Kier alpha value is -0.800. The summed E-state index contributed by atoms with van der Waals surface area (Å²) >= 11 is 0. The van der Waals surface area contributed by atoms with Gasteiger partial charge in [-0.2, -0.15) is 0 Å². The number of hydrogen-bond acceptors (Lipinski definition) is 3. The van der Waals surface area contributed by atoms with Crippen LogP contribution in [0.4, 0.5) is 0 Å². The van der Waals surface area contributed by atoms with Crippen molar-refractivity contribution < 1.29 is 4.42 Å². The number of hydrogen-bond donors (Lipinski definition) is 1. The number of nitrogens with zero attached hydrogens (tertiary/aromatic N) is 1. The van der Waals surface area contributed by atoms with Gasteiger partial charge in [-0.3, -0.25) is 4.90 Å². The average Bonchev–Trinajstić information content (AvgIpc) is 3.03. The van der Waals surface area contributed by atoms with Crippen molar-refractivity contribution in [3.8, 4) is 0 Å². The zero-order valence-electron chi connectivity index (χ0n) is 12.1. The first-order valence-electron chi connectivity index (χ1n) is 7.03. The Kier molecular flexibility index (Phi) is 4.13. The highest BCUT2D eigenvalue weighted by atomic mass is 16.3. The van der Waals surface area contributed by atoms with E-state index in [1.165, 1.54) is 18.4 Å². The van der Waals surface area contributed by atoms with Crippen LogP contribution in [0.2, 0.25) is 0 Å². The molecule has 0 amide bonds. The molecule has 2 rings (SSSR count). The fourth-order valence-corrected chi connectivity index (χ4v) is 2.11. The van der Waals surface area contributed by atoms with Gasteiger partial charge in [-0.15, -0.1) is 0 Å². The molecule has 1 saturated carbocycles. The topological polar surface area (TPSA) is 28.4 Å². The van der Waals surface area contributed by atoms with Gasteiger partial charge in [-0.1, -0.05) is 6.92 Å². The Labute approximate surface area is 111 Å². The van der Waals surface area contributed by atoms with Gasteiger partial charge in [0.2, 0.25) is 0 Å². The lowest BCUT2D eigenvalue weighted by Gasteiger charge is -2.19. The van der Waals surface area contributed by atoms with Crippen LogP contribution in [0, 0.1) is 0 Å². The van der Waals surface area contributed by atoms with Crippen molar-refractivity contribution in [3.05, 3.63) is 23.7 Å². The van der Waals surface area contributed by atoms with Crippen molar-refractivity contribution in [1.82, 2.24) is 10.2 Å². The lowest BCUT2D eigenvalue weighted by Crippen LogP contribution is -2.34. The molecule has 0 unspecified atom stereocenters. The van der Waals surface area contributed by atoms with Crippen molar-refractivity contribution in [2.75, 3.05) is 6.54 Å². The summed E-state index contributed by atoms with van der Waals surface area (Å²) in [4.78, 5) is 2.50. The molecule has 0 aromatic carbocycles. The van der Waals surface area contributed by atoms with Gasteiger partial charge >= 0.3 is 0 Å². The van der Waals surface area contributed by atoms with Gasteiger partial charge in [0.1, 0.15) is 5.76 Å². The van der Waals surface area contributed by atoms with E-state index in [4.69, 9.17) is 4.42 Å². The van der Waals surface area contributed by atoms with Crippen LogP contribution in [0.3, 0.4) is 0 Å². The van der Waals surface area contributed by atoms with Crippen LogP contribution < -0.4 is 5.32 Å². The van der Waals surface area contributed by atoms with Gasteiger partial charge in [0.25, 0.3) is 0 Å². The molecule has 1 aromatic rings. The Balaban J connectivity index is 1.85. The summed E-state index contributed by atoms with van der Waals surface area (Å²) in [6.45, 7) is 11.7. The molecule has 1 N–H and O–H groups in total. The molecule has 0 radical (unpaired) electrons. The maximum Gasteiger partial charge on any atom is 0.118 e. The van der Waals surface area contributed by atoms with Crippen molar-refractivity contribution in [1.29, 1.82) is 0 Å². The van der Waals surface area contributed by atoms with Crippen LogP contribution >= 0.6 is 0 Å². The van der Waals surface area contributed by atoms with E-state index < -0.39 is 0 Å². The second-order valence-corrected chi connectivity index (χ2v) is 6.32. The smallest absolute Gasteiger partial charge is 0.118 e. The SMILES string of the molecule is CCN(Cc1cc(CNC(C)(C)C)co1)C1CC1. The first-order chi connectivity index (χ1) is 8.48. The largest absolute Gasteiger partial charge is 0.468 e. The summed E-state index contributed by atoms with van der Waals surface area (Å²) in [7, 11) is 0. The van der Waals surface area contributed by atoms with E-state index in [0.717, 1.165) is 31.4 Å². The minimum absolute atomic E-state index is 0.154. The first kappa shape index (κ1) is 13.6. The first-order valence-corrected chi connectivity index (χ1v) is 7.03. The normalized spacial score (nSPS) is 16.5. The lowest BCUT2D eigenvalue weighted by atomic mass is 10.1. The van der Waals surface area contributed by atoms with E-state index >= 15 is 0 Å². The van der Waals surface area contributed by atoms with Crippen LogP contribution in [0.25, 0.3) is 0 Å². The summed E-state index contributed by atoms with van der Waals surface area (Å²) in [5, 5.41) is 3.48. The van der Waals surface area contributed by atoms with E-state index in [9.17, 15) is 0 Å². The standard InChI is InChI=1S/C15H26N2O/c1-5-17(13-6-7-13)10-14-8-12(11-18-14)9-16-15(2,3)4/h8,11,13,16H,5-7,9-10H2,1-4H3. The molecule has 18 heavy (non-hydrogen) atoms. The van der Waals surface area contributed by atoms with E-state index in [1.807, 2.05) is 6.26 Å². The fraction of sp³-hybridized carbons (Fsp3) is 0.733. The minimum atomic E-state index is 0.154. The molecule has 1 aromatic heterocycles. The predicted octanol–water partition coefficient (Wildman–Crippen LogP) is 3.15. The van der Waals surface area contributed by atoms with Gasteiger partial charge in [0.15, 0.2) is 0 Å². The maximum atomic E-state index is 5.66. The Morgan fingerprint density at radius 1 is 1.39 bits per heavy atom. The second kappa shape index (κ2) is 5.45. The monoisotopic (exact) mass is 250 g/mol. The molecule has 0 saturated heterocycles. The fourth-order valence-electron chi connectivity index (χ4n) is 2.11. The van der Waals surface area contributed by atoms with Crippen molar-refractivity contribution in [2.45, 2.75) is 65.2 Å². The van der Waals surface area contributed by atoms with Gasteiger partial charge < -0.3 is 9.73 Å². The summed E-state index contributed by atoms with van der Waals surface area (Å²) in [5.41, 5.74) is 1.40. The minimum Gasteiger partial charge on any atom is -0.468 e. The highest BCUT2D eigenvalue weighted by Gasteiger charge is 2.28. The third-order valence-electron chi connectivity index (χ3n) is 3.36. The van der Waals surface area contributed by atoms with Crippen molar-refractivity contribution >= 4 is 0 Å². The molecule has 102 valence electrons. The van der Waals surface area contributed by atoms with E-state index in [0.29, 0.717) is 0 Å². The van der Waals surface area contributed by atoms with Gasteiger partial charge in [-0.25, -0.2) is 0 Å². The molecular weight excluding hydrogens is 224 g/mol. The second-order valence-electron chi connectivity index (χ2n) is 6.32. The van der Waals surface area contributed by atoms with E-state index in [-0.39, 0.29) is 5.54 Å². The molecule has 3 nitrogen and oxygen atoms in total. The van der Waals surface area contributed by atoms with Crippen LogP contribution in [0.15, 0.2) is 16.7 Å². The molecular formula is C15H26N2O. The Morgan fingerprint density at radius 3 is 2.67 bits per heavy atom. The Morgan fingerprint density at radius 2 is 2.11 bits per heavy atom. The van der Waals surface area contributed by atoms with Crippen LogP contribution in [0.5, 0.6) is 0 Å². The van der Waals surface area contributed by atoms with Crippen LogP contribution in [0.1, 0.15) is 51.9 Å². The lowest BCUT2D eigenvalue weighted by molar-refractivity contribution is 0.246. The number of nitrogens with one attached hydrogen (secondary N) is 1. The summed E-state index contributed by atoms with van der Waals surface area (Å²) in [6.07, 6.45) is 4.59. The van der Waals surface area contributed by atoms with Crippen LogP contribution in [-0.2, 0) is 13.1 Å². The Bertz CT molecular complexity index is 374. The molecule has 1 heterocycles. The summed E-state index contributed by atoms with van der Waals surface area (Å²) < 4.78 is 5.66. The van der Waals surface area contributed by atoms with Gasteiger partial charge in [0, 0.05) is 23.7 Å². The quantitative estimate of drug-likeness (QED) is 0.840. The third-order valence-corrected chi connectivity index (χ3v) is 3.36. The van der Waals surface area contributed by atoms with Crippen LogP contribution in [-0.4, -0.2) is 23.0 Å². The highest BCUT2D eigenvalue weighted by Crippen LogP contribution is 2.28. The molecule has 0 spiro atoms. The van der Waals surface area contributed by atoms with Crippen molar-refractivity contribution in [2.24, 2.45) is 0 Å². The molecule has 0 bridgehead atoms. The zero-order valence-corrected chi connectivity index (χ0v) is 12.1. The van der Waals surface area contributed by atoms with E-state index in [1.54, 1.807) is 0 Å². The van der Waals surface area contributed by atoms with Gasteiger partial charge in [0.05, 0.1) is 12.8 Å². The highest BCUT2D eigenvalue weighted by molar-refractivity contribution is 5.13. The molecule has 1 fully saturated rings. The molecule has 0 atom stereocenters. The molecule has 1 aliphatic carbocycles. The molecule has 0 aliphatic heterocycles. The third kappa shape index (κ3) is 4.14. The van der Waals surface area contributed by atoms with E-state index in [2.05, 4.69) is 44.0 Å². The summed E-state index contributed by atoms with van der Waals surface area (Å²) in [5.74, 6) is 1.09. The molecule has 3 heteroatoms. The summed E-state index contributed by atoms with van der Waals surface area (Å²) in [6, 6.07) is 2.99. The predicted molar refractivity (Wildman–Crippen MR) is 74.4 cm³/mol. The number of furan rings is 1.